The Morgan fingerprint density at radius 3 is 2.59 bits per heavy atom. The molecule has 0 unspecified atom stereocenters. The number of fused-ring (bicyclic) bond motifs is 1. The molecule has 0 radical (unpaired) electrons. The second-order valence-electron chi connectivity index (χ2n) is 9.79. The monoisotopic (exact) mass is 491 g/mol. The minimum absolute atomic E-state index is 0.0517. The lowest BCUT2D eigenvalue weighted by Crippen LogP contribution is -2.50. The van der Waals surface area contributed by atoms with Gasteiger partial charge in [0.25, 0.3) is 0 Å². The number of amides is 1. The van der Waals surface area contributed by atoms with Crippen molar-refractivity contribution >= 4 is 15.9 Å². The van der Waals surface area contributed by atoms with Gasteiger partial charge in [-0.25, -0.2) is 8.42 Å². The van der Waals surface area contributed by atoms with Crippen molar-refractivity contribution in [1.29, 1.82) is 0 Å². The van der Waals surface area contributed by atoms with Crippen LogP contribution in [-0.4, -0.2) is 93.1 Å². The second kappa shape index (κ2) is 11.1. The van der Waals surface area contributed by atoms with Crippen LogP contribution >= 0.6 is 0 Å². The predicted molar refractivity (Wildman–Crippen MR) is 131 cm³/mol. The number of carbonyl (C=O) groups excluding carboxylic acids is 1. The first-order valence-corrected chi connectivity index (χ1v) is 13.3. The topological polar surface area (TPSA) is 90.4 Å². The summed E-state index contributed by atoms with van der Waals surface area (Å²) in [6.45, 7) is 4.43. The molecule has 188 valence electrons. The Morgan fingerprint density at radius 2 is 2.00 bits per heavy atom. The number of benzene rings is 1. The Kier molecular flexibility index (Phi) is 8.63. The van der Waals surface area contributed by atoms with E-state index in [4.69, 9.17) is 4.74 Å². The zero-order valence-corrected chi connectivity index (χ0v) is 21.6. The Bertz CT molecular complexity index is 1040. The Balaban J connectivity index is 1.98. The molecule has 1 saturated carbocycles. The van der Waals surface area contributed by atoms with E-state index in [2.05, 4.69) is 11.8 Å². The number of aliphatic hydroxyl groups is 1. The minimum atomic E-state index is -3.90. The van der Waals surface area contributed by atoms with E-state index < -0.39 is 22.2 Å². The van der Waals surface area contributed by atoms with Crippen molar-refractivity contribution in [3.8, 4) is 17.6 Å². The van der Waals surface area contributed by atoms with Gasteiger partial charge < -0.3 is 14.7 Å². The first kappa shape index (κ1) is 26.5. The van der Waals surface area contributed by atoms with Gasteiger partial charge in [0.05, 0.1) is 19.7 Å². The minimum Gasteiger partial charge on any atom is -0.487 e. The van der Waals surface area contributed by atoms with Crippen molar-refractivity contribution in [3.05, 3.63) is 23.8 Å². The van der Waals surface area contributed by atoms with Crippen molar-refractivity contribution in [2.75, 3.05) is 47.4 Å². The molecule has 1 heterocycles. The van der Waals surface area contributed by atoms with Crippen LogP contribution in [0.4, 0.5) is 0 Å². The molecule has 0 spiro atoms. The van der Waals surface area contributed by atoms with E-state index in [-0.39, 0.29) is 41.5 Å². The highest BCUT2D eigenvalue weighted by atomic mass is 32.2. The molecule has 1 N–H and O–H groups in total. The molecule has 1 fully saturated rings. The summed E-state index contributed by atoms with van der Waals surface area (Å²) in [5, 5.41) is 9.77. The average molecular weight is 492 g/mol. The van der Waals surface area contributed by atoms with Gasteiger partial charge in [-0.05, 0) is 52.1 Å². The highest BCUT2D eigenvalue weighted by Crippen LogP contribution is 2.34. The Morgan fingerprint density at radius 1 is 1.29 bits per heavy atom. The number of hydrogen-bond acceptors (Lipinski definition) is 6. The van der Waals surface area contributed by atoms with Crippen LogP contribution in [0.3, 0.4) is 0 Å². The van der Waals surface area contributed by atoms with Gasteiger partial charge in [0.15, 0.2) is 0 Å². The second-order valence-corrected chi connectivity index (χ2v) is 11.6. The van der Waals surface area contributed by atoms with Gasteiger partial charge in [0.2, 0.25) is 15.9 Å². The molecule has 1 aliphatic carbocycles. The maximum atomic E-state index is 13.5. The molecule has 34 heavy (non-hydrogen) atoms. The smallest absolute Gasteiger partial charge is 0.247 e. The summed E-state index contributed by atoms with van der Waals surface area (Å²) >= 11 is 0. The van der Waals surface area contributed by atoms with E-state index >= 15 is 0 Å². The molecule has 8 nitrogen and oxygen atoms in total. The van der Waals surface area contributed by atoms with Crippen LogP contribution in [0.25, 0.3) is 0 Å². The van der Waals surface area contributed by atoms with Crippen LogP contribution in [-0.2, 0) is 14.8 Å². The maximum absolute atomic E-state index is 13.5. The summed E-state index contributed by atoms with van der Waals surface area (Å²) in [7, 11) is 1.73. The fourth-order valence-electron chi connectivity index (χ4n) is 4.15. The number of likely N-dealkylation sites (N-methyl/N-ethyl adjacent to an activating group) is 1. The van der Waals surface area contributed by atoms with Crippen LogP contribution in [0.2, 0.25) is 0 Å². The fourth-order valence-corrected chi connectivity index (χ4v) is 5.97. The van der Waals surface area contributed by atoms with Crippen molar-refractivity contribution in [3.63, 3.8) is 0 Å². The van der Waals surface area contributed by atoms with Gasteiger partial charge in [-0.15, -0.1) is 0 Å². The lowest BCUT2D eigenvalue weighted by molar-refractivity contribution is -0.138. The number of nitrogens with zero attached hydrogens (tertiary/aromatic N) is 3. The lowest BCUT2D eigenvalue weighted by atomic mass is 9.84. The summed E-state index contributed by atoms with van der Waals surface area (Å²) in [6, 6.07) is 4.28. The molecule has 0 saturated heterocycles. The van der Waals surface area contributed by atoms with Crippen LogP contribution in [0.1, 0.15) is 38.7 Å². The molecular weight excluding hydrogens is 454 g/mol. The van der Waals surface area contributed by atoms with Gasteiger partial charge in [-0.3, -0.25) is 9.69 Å². The molecule has 1 aliphatic heterocycles. The standard InChI is InChI=1S/C25H37N3O5S/c1-18-15-28(19(2)17-29)34(31,32)24-12-11-20(8-7-13-26(3)4)14-22(24)33-23(18)16-27(5)25(30)21-9-6-10-21/h11-12,14,18-19,21,23,29H,6,9-10,13,15-17H2,1-5H3/t18-,19+,23-/m1/s1. The first-order valence-electron chi connectivity index (χ1n) is 11.9. The fraction of sp³-hybridized carbons (Fsp3) is 0.640. The molecule has 0 aromatic heterocycles. The summed E-state index contributed by atoms with van der Waals surface area (Å²) in [5.41, 5.74) is 0.656. The van der Waals surface area contributed by atoms with Gasteiger partial charge in [-0.2, -0.15) is 4.31 Å². The van der Waals surface area contributed by atoms with E-state index in [1.165, 1.54) is 10.4 Å². The van der Waals surface area contributed by atoms with E-state index in [1.54, 1.807) is 31.0 Å². The van der Waals surface area contributed by atoms with Crippen LogP contribution < -0.4 is 4.74 Å². The number of rotatable bonds is 6. The summed E-state index contributed by atoms with van der Waals surface area (Å²) < 4.78 is 34.7. The Labute approximate surface area is 203 Å². The highest BCUT2D eigenvalue weighted by Gasteiger charge is 2.39. The van der Waals surface area contributed by atoms with Gasteiger partial charge in [0.1, 0.15) is 16.7 Å². The normalized spacial score (nSPS) is 23.4. The summed E-state index contributed by atoms with van der Waals surface area (Å²) in [6.07, 6.45) is 2.50. The molecule has 2 aliphatic rings. The first-order chi connectivity index (χ1) is 16.0. The van der Waals surface area contributed by atoms with Crippen LogP contribution in [0.5, 0.6) is 5.75 Å². The molecule has 1 aromatic carbocycles. The molecule has 1 amide bonds. The number of ether oxygens (including phenoxy) is 1. The van der Waals surface area contributed by atoms with Crippen molar-refractivity contribution in [2.45, 2.75) is 50.2 Å². The van der Waals surface area contributed by atoms with Crippen molar-refractivity contribution < 1.29 is 23.1 Å². The number of hydrogen-bond donors (Lipinski definition) is 1. The zero-order valence-electron chi connectivity index (χ0n) is 20.8. The third kappa shape index (κ3) is 5.92. The Hall–Kier alpha value is -2.12. The van der Waals surface area contributed by atoms with E-state index in [1.807, 2.05) is 25.9 Å². The molecule has 3 atom stereocenters. The van der Waals surface area contributed by atoms with Gasteiger partial charge in [0, 0.05) is 37.0 Å². The third-order valence-electron chi connectivity index (χ3n) is 6.58. The van der Waals surface area contributed by atoms with Crippen LogP contribution in [0.15, 0.2) is 23.1 Å². The SMILES string of the molecule is C[C@@H]1CN([C@@H](C)CO)S(=O)(=O)c2ccc(C#CCN(C)C)cc2O[C@@H]1CN(C)C(=O)C1CCC1. The van der Waals surface area contributed by atoms with Gasteiger partial charge in [-0.1, -0.05) is 25.2 Å². The summed E-state index contributed by atoms with van der Waals surface area (Å²) in [5.74, 6) is 6.33. The molecule has 0 bridgehead atoms. The largest absolute Gasteiger partial charge is 0.487 e. The quantitative estimate of drug-likeness (QED) is 0.609. The predicted octanol–water partition coefficient (Wildman–Crippen LogP) is 1.63. The lowest BCUT2D eigenvalue weighted by Gasteiger charge is -2.38. The third-order valence-corrected chi connectivity index (χ3v) is 8.60. The van der Waals surface area contributed by atoms with E-state index in [9.17, 15) is 18.3 Å². The molecule has 9 heteroatoms. The van der Waals surface area contributed by atoms with Crippen LogP contribution in [0, 0.1) is 23.7 Å². The van der Waals surface area contributed by atoms with E-state index in [0.29, 0.717) is 18.7 Å². The number of carbonyl (C=O) groups is 1. The molecule has 3 rings (SSSR count). The van der Waals surface area contributed by atoms with E-state index in [0.717, 1.165) is 19.3 Å². The molecular formula is C25H37N3O5S. The van der Waals surface area contributed by atoms with Crippen molar-refractivity contribution in [1.82, 2.24) is 14.1 Å². The number of sulfonamides is 1. The number of aliphatic hydroxyl groups excluding tert-OH is 1. The highest BCUT2D eigenvalue weighted by molar-refractivity contribution is 7.89. The van der Waals surface area contributed by atoms with Gasteiger partial charge >= 0.3 is 0 Å². The maximum Gasteiger partial charge on any atom is 0.247 e. The zero-order chi connectivity index (χ0) is 25.0. The average Bonchev–Trinajstić information content (AvgIpc) is 2.74. The van der Waals surface area contributed by atoms with Crippen molar-refractivity contribution in [2.24, 2.45) is 11.8 Å². The molecule has 1 aromatic rings. The summed E-state index contributed by atoms with van der Waals surface area (Å²) in [4.78, 5) is 16.5.